The van der Waals surface area contributed by atoms with Gasteiger partial charge < -0.3 is 19.5 Å². The average Bonchev–Trinajstić information content (AvgIpc) is 3.27. The van der Waals surface area contributed by atoms with Gasteiger partial charge in [0.1, 0.15) is 5.75 Å². The molecule has 0 radical (unpaired) electrons. The molecule has 1 aliphatic heterocycles. The maximum atomic E-state index is 13.0. The number of carbonyl (C=O) groups is 1. The second-order valence-electron chi connectivity index (χ2n) is 7.62. The van der Waals surface area contributed by atoms with Crippen LogP contribution in [0.2, 0.25) is 0 Å². The van der Waals surface area contributed by atoms with Crippen molar-refractivity contribution >= 4 is 21.6 Å². The number of rotatable bonds is 7. The van der Waals surface area contributed by atoms with Crippen molar-refractivity contribution < 1.29 is 27.4 Å². The zero-order chi connectivity index (χ0) is 23.6. The Kier molecular flexibility index (Phi) is 6.15. The highest BCUT2D eigenvalue weighted by atomic mass is 32.2. The average molecular weight is 469 g/mol. The van der Waals surface area contributed by atoms with Crippen LogP contribution >= 0.6 is 0 Å². The molecule has 0 bridgehead atoms. The van der Waals surface area contributed by atoms with Crippen molar-refractivity contribution in [1.82, 2.24) is 5.32 Å². The fourth-order valence-corrected chi connectivity index (χ4v) is 4.78. The highest BCUT2D eigenvalue weighted by Crippen LogP contribution is 2.34. The van der Waals surface area contributed by atoms with Crippen LogP contribution in [0.3, 0.4) is 0 Å². The zero-order valence-electron chi connectivity index (χ0n) is 18.4. The lowest BCUT2D eigenvalue weighted by Gasteiger charge is -2.16. The minimum absolute atomic E-state index is 0.0294. The van der Waals surface area contributed by atoms with Gasteiger partial charge in [0, 0.05) is 11.3 Å². The van der Waals surface area contributed by atoms with Crippen LogP contribution in [-0.2, 0) is 10.0 Å². The predicted molar refractivity (Wildman–Crippen MR) is 123 cm³/mol. The Hall–Kier alpha value is -3.72. The molecule has 3 aromatic carbocycles. The second-order valence-corrected chi connectivity index (χ2v) is 9.27. The fraction of sp³-hybridized carbons (Fsp3) is 0.208. The quantitative estimate of drug-likeness (QED) is 0.543. The van der Waals surface area contributed by atoms with E-state index in [-0.39, 0.29) is 29.2 Å². The van der Waals surface area contributed by atoms with Crippen molar-refractivity contribution in [3.05, 3.63) is 77.4 Å². The van der Waals surface area contributed by atoms with Gasteiger partial charge in [0.2, 0.25) is 6.79 Å². The number of nitrogens with one attached hydrogen (secondary N) is 2. The van der Waals surface area contributed by atoms with Gasteiger partial charge in [0.05, 0.1) is 18.0 Å². The predicted octanol–water partition coefficient (Wildman–Crippen LogP) is 4.02. The Labute approximate surface area is 192 Å². The summed E-state index contributed by atoms with van der Waals surface area (Å²) in [7, 11) is -2.37. The number of ether oxygens (including phenoxy) is 3. The molecule has 33 heavy (non-hydrogen) atoms. The first-order chi connectivity index (χ1) is 15.8. The summed E-state index contributed by atoms with van der Waals surface area (Å²) in [4.78, 5) is 12.9. The molecule has 172 valence electrons. The van der Waals surface area contributed by atoms with Gasteiger partial charge in [-0.3, -0.25) is 9.52 Å². The van der Waals surface area contributed by atoms with E-state index in [2.05, 4.69) is 10.0 Å². The Bertz CT molecular complexity index is 1290. The minimum atomic E-state index is -3.91. The van der Waals surface area contributed by atoms with Crippen molar-refractivity contribution in [1.29, 1.82) is 0 Å². The first-order valence-electron chi connectivity index (χ1n) is 10.2. The molecule has 0 saturated carbocycles. The van der Waals surface area contributed by atoms with Crippen LogP contribution in [0, 0.1) is 6.92 Å². The van der Waals surface area contributed by atoms with E-state index < -0.39 is 10.0 Å². The Morgan fingerprint density at radius 1 is 1.00 bits per heavy atom. The fourth-order valence-electron chi connectivity index (χ4n) is 3.45. The third kappa shape index (κ3) is 4.88. The number of amides is 1. The maximum absolute atomic E-state index is 13.0. The molecule has 1 heterocycles. The summed E-state index contributed by atoms with van der Waals surface area (Å²) in [5, 5.41) is 2.90. The lowest BCUT2D eigenvalue weighted by Crippen LogP contribution is -2.27. The van der Waals surface area contributed by atoms with E-state index in [4.69, 9.17) is 14.2 Å². The van der Waals surface area contributed by atoms with E-state index >= 15 is 0 Å². The van der Waals surface area contributed by atoms with E-state index in [1.54, 1.807) is 49.4 Å². The normalized spacial score (nSPS) is 13.3. The third-order valence-electron chi connectivity index (χ3n) is 5.33. The van der Waals surface area contributed by atoms with Gasteiger partial charge in [0.25, 0.3) is 15.9 Å². The highest BCUT2D eigenvalue weighted by molar-refractivity contribution is 7.92. The monoisotopic (exact) mass is 468 g/mol. The molecular weight excluding hydrogens is 444 g/mol. The molecule has 1 aliphatic rings. The van der Waals surface area contributed by atoms with Gasteiger partial charge in [0.15, 0.2) is 11.5 Å². The molecule has 0 fully saturated rings. The van der Waals surface area contributed by atoms with Gasteiger partial charge in [-0.05, 0) is 73.5 Å². The lowest BCUT2D eigenvalue weighted by molar-refractivity contribution is 0.0939. The van der Waals surface area contributed by atoms with Crippen LogP contribution in [0.1, 0.15) is 34.5 Å². The molecule has 1 atom stereocenters. The van der Waals surface area contributed by atoms with Crippen LogP contribution in [0.15, 0.2) is 65.6 Å². The molecular formula is C24H24N2O6S. The van der Waals surface area contributed by atoms with Crippen molar-refractivity contribution in [3.8, 4) is 17.2 Å². The molecule has 0 saturated heterocycles. The number of benzene rings is 3. The number of hydrogen-bond acceptors (Lipinski definition) is 6. The highest BCUT2D eigenvalue weighted by Gasteiger charge is 2.21. The van der Waals surface area contributed by atoms with E-state index in [9.17, 15) is 13.2 Å². The van der Waals surface area contributed by atoms with Crippen LogP contribution in [0.4, 0.5) is 5.69 Å². The summed E-state index contributed by atoms with van der Waals surface area (Å²) in [6, 6.07) is 16.3. The Morgan fingerprint density at radius 2 is 1.73 bits per heavy atom. The van der Waals surface area contributed by atoms with Gasteiger partial charge in [-0.15, -0.1) is 0 Å². The Balaban J connectivity index is 1.52. The topological polar surface area (TPSA) is 103 Å². The van der Waals surface area contributed by atoms with Gasteiger partial charge in [-0.1, -0.05) is 12.1 Å². The molecule has 9 heteroatoms. The summed E-state index contributed by atoms with van der Waals surface area (Å²) in [5.74, 6) is 1.52. The van der Waals surface area contributed by atoms with E-state index in [0.717, 1.165) is 5.56 Å². The van der Waals surface area contributed by atoms with Crippen molar-refractivity contribution in [2.75, 3.05) is 18.6 Å². The maximum Gasteiger partial charge on any atom is 0.262 e. The number of methoxy groups -OCH3 is 1. The van der Waals surface area contributed by atoms with E-state index in [1.807, 2.05) is 19.1 Å². The smallest absolute Gasteiger partial charge is 0.262 e. The van der Waals surface area contributed by atoms with Gasteiger partial charge in [-0.25, -0.2) is 8.42 Å². The summed E-state index contributed by atoms with van der Waals surface area (Å²) < 4.78 is 44.4. The lowest BCUT2D eigenvalue weighted by atomic mass is 10.1. The summed E-state index contributed by atoms with van der Waals surface area (Å²) in [5.41, 5.74) is 2.00. The van der Waals surface area contributed by atoms with E-state index in [0.29, 0.717) is 28.5 Å². The molecule has 1 unspecified atom stereocenters. The molecule has 0 spiro atoms. The SMILES string of the molecule is COc1ccc(NS(=O)(=O)c2cc(C(=O)NC(C)c3ccc4c(c3)OCO4)ccc2C)cc1. The summed E-state index contributed by atoms with van der Waals surface area (Å²) in [6.45, 7) is 3.69. The van der Waals surface area contributed by atoms with Crippen LogP contribution in [-0.4, -0.2) is 28.2 Å². The van der Waals surface area contributed by atoms with Crippen molar-refractivity contribution in [2.45, 2.75) is 24.8 Å². The van der Waals surface area contributed by atoms with E-state index in [1.165, 1.54) is 13.2 Å². The molecule has 0 aromatic heterocycles. The van der Waals surface area contributed by atoms with Crippen LogP contribution < -0.4 is 24.2 Å². The minimum Gasteiger partial charge on any atom is -0.497 e. The number of fused-ring (bicyclic) bond motifs is 1. The first kappa shape index (κ1) is 22.5. The molecule has 8 nitrogen and oxygen atoms in total. The molecule has 1 amide bonds. The zero-order valence-corrected chi connectivity index (χ0v) is 19.2. The number of anilines is 1. The molecule has 2 N–H and O–H groups in total. The van der Waals surface area contributed by atoms with Crippen molar-refractivity contribution in [3.63, 3.8) is 0 Å². The summed E-state index contributed by atoms with van der Waals surface area (Å²) >= 11 is 0. The van der Waals surface area contributed by atoms with Crippen molar-refractivity contribution in [2.24, 2.45) is 0 Å². The standard InChI is InChI=1S/C24H24N2O6S/c1-15-4-5-18(13-23(15)33(28,29)26-19-7-9-20(30-3)10-8-19)24(27)25-16(2)17-6-11-21-22(12-17)32-14-31-21/h4-13,16,26H,14H2,1-3H3,(H,25,27). The largest absolute Gasteiger partial charge is 0.497 e. The number of hydrogen-bond donors (Lipinski definition) is 2. The molecule has 3 aromatic rings. The molecule has 0 aliphatic carbocycles. The molecule has 4 rings (SSSR count). The number of carbonyl (C=O) groups excluding carboxylic acids is 1. The van der Waals surface area contributed by atoms with Gasteiger partial charge >= 0.3 is 0 Å². The number of sulfonamides is 1. The Morgan fingerprint density at radius 3 is 2.45 bits per heavy atom. The third-order valence-corrected chi connectivity index (χ3v) is 6.85. The van der Waals surface area contributed by atoms with Crippen LogP contribution in [0.5, 0.6) is 17.2 Å². The second kappa shape index (κ2) is 9.03. The van der Waals surface area contributed by atoms with Gasteiger partial charge in [-0.2, -0.15) is 0 Å². The van der Waals surface area contributed by atoms with Crippen LogP contribution in [0.25, 0.3) is 0 Å². The number of aryl methyl sites for hydroxylation is 1. The first-order valence-corrected chi connectivity index (χ1v) is 11.7. The summed E-state index contributed by atoms with van der Waals surface area (Å²) in [6.07, 6.45) is 0.